The normalized spacial score (nSPS) is 29.7. The lowest BCUT2D eigenvalue weighted by molar-refractivity contribution is -0.140. The number of unbranched alkanes of at least 4 members (excludes halogenated alkanes) is 2. The van der Waals surface area contributed by atoms with Gasteiger partial charge in [0, 0.05) is 12.8 Å². The minimum atomic E-state index is -1.34. The van der Waals surface area contributed by atoms with Crippen molar-refractivity contribution in [2.75, 3.05) is 7.11 Å². The molecule has 5 heteroatoms. The molecule has 0 aromatic heterocycles. The van der Waals surface area contributed by atoms with Gasteiger partial charge < -0.3 is 9.84 Å². The Hall–Kier alpha value is -1.23. The van der Waals surface area contributed by atoms with Gasteiger partial charge in [-0.1, -0.05) is 31.4 Å². The first kappa shape index (κ1) is 22.1. The number of carbonyl (C=O) groups excluding carboxylic acids is 2. The Morgan fingerprint density at radius 2 is 2.07 bits per heavy atom. The lowest BCUT2D eigenvalue weighted by Gasteiger charge is -2.21. The van der Waals surface area contributed by atoms with Crippen LogP contribution in [0, 0.1) is 17.8 Å². The first-order valence-electron chi connectivity index (χ1n) is 10.6. The number of carbonyl (C=O) groups is 2. The third kappa shape index (κ3) is 6.41. The van der Waals surface area contributed by atoms with Crippen molar-refractivity contribution < 1.29 is 23.8 Å². The highest BCUT2D eigenvalue weighted by Crippen LogP contribution is 2.51. The zero-order valence-electron chi connectivity index (χ0n) is 16.8. The number of esters is 1. The Balaban J connectivity index is 1.78. The topological polar surface area (TPSA) is 63.6 Å². The van der Waals surface area contributed by atoms with Crippen molar-refractivity contribution in [2.24, 2.45) is 17.8 Å². The van der Waals surface area contributed by atoms with Crippen LogP contribution in [0.3, 0.4) is 0 Å². The average Bonchev–Trinajstić information content (AvgIpc) is 3.17. The Morgan fingerprint density at radius 1 is 1.30 bits per heavy atom. The quantitative estimate of drug-likeness (QED) is 0.324. The molecule has 0 aromatic carbocycles. The molecule has 2 saturated carbocycles. The predicted octanol–water partition coefficient (Wildman–Crippen LogP) is 4.54. The molecule has 154 valence electrons. The number of hydrogen-bond donors (Lipinski definition) is 1. The van der Waals surface area contributed by atoms with Gasteiger partial charge in [0.2, 0.25) is 0 Å². The minimum Gasteiger partial charge on any atom is -0.469 e. The van der Waals surface area contributed by atoms with Gasteiger partial charge in [0.1, 0.15) is 0 Å². The van der Waals surface area contributed by atoms with Crippen LogP contribution >= 0.6 is 0 Å². The van der Waals surface area contributed by atoms with Crippen LogP contribution in [0.5, 0.6) is 0 Å². The van der Waals surface area contributed by atoms with E-state index in [0.717, 1.165) is 44.9 Å². The van der Waals surface area contributed by atoms with E-state index in [4.69, 9.17) is 0 Å². The van der Waals surface area contributed by atoms with E-state index in [-0.39, 0.29) is 30.2 Å². The van der Waals surface area contributed by atoms with Crippen molar-refractivity contribution in [2.45, 2.75) is 89.8 Å². The van der Waals surface area contributed by atoms with Gasteiger partial charge >= 0.3 is 5.97 Å². The largest absolute Gasteiger partial charge is 0.469 e. The van der Waals surface area contributed by atoms with Gasteiger partial charge in [-0.2, -0.15) is 0 Å². The molecular formula is C22H35FO4. The molecule has 2 fully saturated rings. The number of ether oxygens (including phenoxy) is 1. The van der Waals surface area contributed by atoms with Crippen LogP contribution in [0.1, 0.15) is 77.6 Å². The third-order valence-corrected chi connectivity index (χ3v) is 6.35. The van der Waals surface area contributed by atoms with Crippen molar-refractivity contribution in [3.8, 4) is 0 Å². The van der Waals surface area contributed by atoms with Crippen LogP contribution in [-0.2, 0) is 14.3 Å². The second-order valence-corrected chi connectivity index (χ2v) is 8.24. The zero-order chi connectivity index (χ0) is 19.8. The Bertz CT molecular complexity index is 530. The second-order valence-electron chi connectivity index (χ2n) is 8.24. The van der Waals surface area contributed by atoms with E-state index in [1.54, 1.807) is 0 Å². The summed E-state index contributed by atoms with van der Waals surface area (Å²) in [5.74, 6) is 0.533. The molecule has 4 nitrogen and oxygen atoms in total. The zero-order valence-corrected chi connectivity index (χ0v) is 16.8. The van der Waals surface area contributed by atoms with Crippen LogP contribution in [0.25, 0.3) is 0 Å². The number of aliphatic hydroxyl groups is 1. The summed E-state index contributed by atoms with van der Waals surface area (Å²) in [5.41, 5.74) is 1.41. The molecule has 2 rings (SSSR count). The molecule has 0 saturated heterocycles. The first-order valence-corrected chi connectivity index (χ1v) is 10.6. The molecule has 0 spiro atoms. The summed E-state index contributed by atoms with van der Waals surface area (Å²) in [5, 5.41) is 10.4. The first-order chi connectivity index (χ1) is 13.0. The molecule has 2 aliphatic carbocycles. The molecule has 0 radical (unpaired) electrons. The van der Waals surface area contributed by atoms with Crippen molar-refractivity contribution in [1.82, 2.24) is 0 Å². The summed E-state index contributed by atoms with van der Waals surface area (Å²) in [6.45, 7) is 1.99. The van der Waals surface area contributed by atoms with E-state index in [1.807, 2.05) is 6.92 Å². The number of Topliss-reactive ketones (excluding diaryl/α,β-unsaturated/α-hetero) is 1. The van der Waals surface area contributed by atoms with Gasteiger partial charge in [-0.25, -0.2) is 4.39 Å². The van der Waals surface area contributed by atoms with Crippen molar-refractivity contribution in [3.63, 3.8) is 0 Å². The van der Waals surface area contributed by atoms with Crippen molar-refractivity contribution >= 4 is 11.8 Å². The highest BCUT2D eigenvalue weighted by atomic mass is 19.1. The van der Waals surface area contributed by atoms with Gasteiger partial charge in [0.25, 0.3) is 0 Å². The number of hydrogen-bond acceptors (Lipinski definition) is 4. The van der Waals surface area contributed by atoms with Crippen LogP contribution < -0.4 is 0 Å². The molecule has 1 N–H and O–H groups in total. The van der Waals surface area contributed by atoms with E-state index in [9.17, 15) is 19.1 Å². The third-order valence-electron chi connectivity index (χ3n) is 6.35. The maximum absolute atomic E-state index is 13.9. The molecule has 27 heavy (non-hydrogen) atoms. The number of allylic oxidation sites excluding steroid dienone is 2. The number of ketones is 1. The molecular weight excluding hydrogens is 347 g/mol. The summed E-state index contributed by atoms with van der Waals surface area (Å²) in [4.78, 5) is 23.2. The molecule has 1 unspecified atom stereocenters. The van der Waals surface area contributed by atoms with Gasteiger partial charge in [-0.3, -0.25) is 9.59 Å². The van der Waals surface area contributed by atoms with Gasteiger partial charge in [0.05, 0.1) is 13.2 Å². The Morgan fingerprint density at radius 3 is 2.78 bits per heavy atom. The molecule has 5 atom stereocenters. The highest BCUT2D eigenvalue weighted by Gasteiger charge is 2.45. The standard InChI is InChI=1S/C22H35FO4/c1-3-4-8-19(23)20(24)11-10-17-18-13-15(12-16(18)14-21(17)25)7-5-6-9-22(26)27-2/h7,16-19,21,25H,3-6,8-14H2,1-2H3/b15-7-/t16-,17+,18-,19?,21+/m0/s1. The lowest BCUT2D eigenvalue weighted by atomic mass is 9.86. The average molecular weight is 383 g/mol. The van der Waals surface area contributed by atoms with Crippen LogP contribution in [0.15, 0.2) is 11.6 Å². The highest BCUT2D eigenvalue weighted by molar-refractivity contribution is 5.82. The number of rotatable bonds is 11. The maximum Gasteiger partial charge on any atom is 0.305 e. The predicted molar refractivity (Wildman–Crippen MR) is 103 cm³/mol. The summed E-state index contributed by atoms with van der Waals surface area (Å²) in [6, 6.07) is 0. The van der Waals surface area contributed by atoms with Crippen LogP contribution in [0.4, 0.5) is 4.39 Å². The molecule has 0 amide bonds. The van der Waals surface area contributed by atoms with E-state index < -0.39 is 6.17 Å². The van der Waals surface area contributed by atoms with E-state index >= 15 is 0 Å². The number of fused-ring (bicyclic) bond motifs is 1. The summed E-state index contributed by atoms with van der Waals surface area (Å²) >= 11 is 0. The second kappa shape index (κ2) is 10.9. The van der Waals surface area contributed by atoms with Gasteiger partial charge in [0.15, 0.2) is 12.0 Å². The van der Waals surface area contributed by atoms with Crippen molar-refractivity contribution in [3.05, 3.63) is 11.6 Å². The smallest absolute Gasteiger partial charge is 0.305 e. The maximum atomic E-state index is 13.9. The van der Waals surface area contributed by atoms with Crippen LogP contribution in [-0.4, -0.2) is 36.2 Å². The van der Waals surface area contributed by atoms with Gasteiger partial charge in [-0.15, -0.1) is 0 Å². The Kier molecular flexibility index (Phi) is 8.94. The number of methoxy groups -OCH3 is 1. The minimum absolute atomic E-state index is 0.110. The van der Waals surface area contributed by atoms with E-state index in [2.05, 4.69) is 10.8 Å². The number of alkyl halides is 1. The van der Waals surface area contributed by atoms with Gasteiger partial charge in [-0.05, 0) is 62.7 Å². The fourth-order valence-corrected chi connectivity index (χ4v) is 4.81. The SMILES string of the molecule is CCCCC(F)C(=O)CC[C@@H]1[C@H]2C/C(=C\CCCC(=O)OC)C[C@H]2C[C@H]1O. The molecule has 0 heterocycles. The molecule has 0 bridgehead atoms. The summed E-state index contributed by atoms with van der Waals surface area (Å²) < 4.78 is 18.5. The molecule has 0 aliphatic heterocycles. The van der Waals surface area contributed by atoms with Crippen molar-refractivity contribution in [1.29, 1.82) is 0 Å². The van der Waals surface area contributed by atoms with Crippen LogP contribution in [0.2, 0.25) is 0 Å². The molecule has 2 aliphatic rings. The summed E-state index contributed by atoms with van der Waals surface area (Å²) in [7, 11) is 1.41. The molecule has 0 aromatic rings. The fraction of sp³-hybridized carbons (Fsp3) is 0.818. The van der Waals surface area contributed by atoms with E-state index in [0.29, 0.717) is 31.1 Å². The monoisotopic (exact) mass is 382 g/mol. The summed E-state index contributed by atoms with van der Waals surface area (Å²) in [6.07, 6.45) is 8.22. The Labute approximate surface area is 162 Å². The lowest BCUT2D eigenvalue weighted by Crippen LogP contribution is -2.23. The number of halogens is 1. The fourth-order valence-electron chi connectivity index (χ4n) is 4.81. The number of aliphatic hydroxyl groups excluding tert-OH is 1. The van der Waals surface area contributed by atoms with E-state index in [1.165, 1.54) is 12.7 Å².